The maximum atomic E-state index is 13.0. The van der Waals surface area contributed by atoms with Crippen LogP contribution in [0, 0.1) is 13.8 Å². The van der Waals surface area contributed by atoms with Gasteiger partial charge in [0, 0.05) is 64.2 Å². The number of benzene rings is 1. The molecule has 10 nitrogen and oxygen atoms in total. The summed E-state index contributed by atoms with van der Waals surface area (Å²) in [6, 6.07) is 9.84. The fraction of sp³-hybridized carbons (Fsp3) is 0.393. The zero-order valence-corrected chi connectivity index (χ0v) is 27.0. The molecule has 2 aromatic rings. The predicted octanol–water partition coefficient (Wildman–Crippen LogP) is 1.83. The van der Waals surface area contributed by atoms with Crippen molar-refractivity contribution in [2.75, 3.05) is 17.3 Å². The minimum absolute atomic E-state index is 0.00559. The molecule has 224 valence electrons. The molecular weight excluding hydrogens is 664 g/mol. The topological polar surface area (TPSA) is 157 Å². The minimum Gasteiger partial charge on any atom is -0.548 e. The summed E-state index contributed by atoms with van der Waals surface area (Å²) >= 11 is 7.71. The molecule has 14 heteroatoms. The summed E-state index contributed by atoms with van der Waals surface area (Å²) in [5.41, 5.74) is 8.17. The van der Waals surface area contributed by atoms with Gasteiger partial charge in [-0.1, -0.05) is 22.0 Å². The highest BCUT2D eigenvalue weighted by atomic mass is 79.9. The van der Waals surface area contributed by atoms with E-state index in [-0.39, 0.29) is 17.4 Å². The number of nitrogens with two attached hydrogens (primary N) is 1. The van der Waals surface area contributed by atoms with E-state index in [2.05, 4.69) is 25.8 Å². The molecule has 0 spiro atoms. The van der Waals surface area contributed by atoms with Crippen molar-refractivity contribution in [1.82, 2.24) is 10.2 Å². The minimum atomic E-state index is -1.26. The summed E-state index contributed by atoms with van der Waals surface area (Å²) in [6.45, 7) is 4.54. The van der Waals surface area contributed by atoms with Crippen molar-refractivity contribution >= 4 is 75.0 Å². The Morgan fingerprint density at radius 2 is 1.93 bits per heavy atom. The first-order chi connectivity index (χ1) is 20.0. The van der Waals surface area contributed by atoms with Crippen LogP contribution in [0.3, 0.4) is 0 Å². The van der Waals surface area contributed by atoms with Crippen LogP contribution in [0.4, 0.5) is 0 Å². The molecular formula is C28H31BrN4O6S3. The Bertz CT molecular complexity index is 1420. The standard InChI is InChI=1S/C28H31BrN4O6S3/c1-15-9-20(10-16(2)32(15)8-4-7-21(30)27(36)37)40-12-17-13-42-26-23(25(35)33(26)24(17)28(38)39)31-22(34)14-41-19-6-3-5-18(29)11-19/h3,5-6,9-11,21,23,26H,4,7-8,12-14,30H2,1-2H3,(H2-,31,34,36,37,38,39)/t21-,23+,26+/m0/s1. The zero-order chi connectivity index (χ0) is 30.6. The lowest BCUT2D eigenvalue weighted by Crippen LogP contribution is -2.70. The van der Waals surface area contributed by atoms with E-state index in [4.69, 9.17) is 5.73 Å². The Labute approximate surface area is 265 Å². The molecule has 0 radical (unpaired) electrons. The molecule has 2 aliphatic heterocycles. The number of hydrogen-bond acceptors (Lipinski definition) is 9. The van der Waals surface area contributed by atoms with E-state index in [1.54, 1.807) is 0 Å². The second-order valence-corrected chi connectivity index (χ2v) is 14.1. The van der Waals surface area contributed by atoms with Crippen LogP contribution < -0.4 is 20.7 Å². The predicted molar refractivity (Wildman–Crippen MR) is 164 cm³/mol. The van der Waals surface area contributed by atoms with Crippen LogP contribution in [0.1, 0.15) is 24.2 Å². The zero-order valence-electron chi connectivity index (χ0n) is 23.0. The number of hydrogen-bond donors (Lipinski definition) is 3. The molecule has 4 rings (SSSR count). The number of aliphatic carboxylic acids is 2. The van der Waals surface area contributed by atoms with Crippen molar-refractivity contribution in [1.29, 1.82) is 0 Å². The van der Waals surface area contributed by atoms with Gasteiger partial charge in [-0.15, -0.1) is 35.3 Å². The average Bonchev–Trinajstić information content (AvgIpc) is 2.94. The van der Waals surface area contributed by atoms with E-state index < -0.39 is 35.3 Å². The SMILES string of the molecule is Cc1cc(SCC2=C(C(=O)O)N3C(=O)[C@@H](NC(=O)CSc4cccc(Br)c4)[C@H]3SC2)cc(C)[n+]1CCC[C@H](N)C(=O)[O-]. The second-order valence-electron chi connectivity index (χ2n) is 9.94. The van der Waals surface area contributed by atoms with Crippen LogP contribution in [0.5, 0.6) is 0 Å². The Balaban J connectivity index is 1.36. The molecule has 0 aliphatic carbocycles. The van der Waals surface area contributed by atoms with Crippen LogP contribution in [-0.4, -0.2) is 68.5 Å². The molecule has 0 bridgehead atoms. The molecule has 1 saturated heterocycles. The number of aromatic nitrogens is 1. The van der Waals surface area contributed by atoms with Crippen molar-refractivity contribution in [2.24, 2.45) is 5.73 Å². The van der Waals surface area contributed by atoms with Gasteiger partial charge in [0.15, 0.2) is 11.4 Å². The van der Waals surface area contributed by atoms with Crippen molar-refractivity contribution < 1.29 is 34.0 Å². The Hall–Kier alpha value is -2.52. The van der Waals surface area contributed by atoms with Gasteiger partial charge < -0.3 is 26.1 Å². The Kier molecular flexibility index (Phi) is 11.0. The summed E-state index contributed by atoms with van der Waals surface area (Å²) in [5, 5.41) is 23.2. The molecule has 4 N–H and O–H groups in total. The lowest BCUT2D eigenvalue weighted by Gasteiger charge is -2.49. The van der Waals surface area contributed by atoms with Crippen LogP contribution in [0.2, 0.25) is 0 Å². The van der Waals surface area contributed by atoms with Gasteiger partial charge in [-0.3, -0.25) is 14.5 Å². The van der Waals surface area contributed by atoms with Gasteiger partial charge in [-0.05, 0) is 30.2 Å². The summed E-state index contributed by atoms with van der Waals surface area (Å²) in [5.74, 6) is -2.14. The maximum Gasteiger partial charge on any atom is 0.352 e. The molecule has 2 amide bonds. The van der Waals surface area contributed by atoms with E-state index in [0.717, 1.165) is 25.7 Å². The van der Waals surface area contributed by atoms with Gasteiger partial charge in [0.05, 0.1) is 11.7 Å². The van der Waals surface area contributed by atoms with Crippen molar-refractivity contribution in [3.8, 4) is 0 Å². The smallest absolute Gasteiger partial charge is 0.352 e. The van der Waals surface area contributed by atoms with Gasteiger partial charge in [-0.2, -0.15) is 0 Å². The highest BCUT2D eigenvalue weighted by molar-refractivity contribution is 9.10. The third kappa shape index (κ3) is 7.70. The number of carboxylic acid groups (broad SMARTS) is 2. The molecule has 1 aromatic carbocycles. The van der Waals surface area contributed by atoms with Crippen molar-refractivity contribution in [3.63, 3.8) is 0 Å². The lowest BCUT2D eigenvalue weighted by atomic mass is 10.0. The summed E-state index contributed by atoms with van der Waals surface area (Å²) in [4.78, 5) is 51.9. The number of aryl methyl sites for hydroxylation is 2. The van der Waals surface area contributed by atoms with Gasteiger partial charge in [0.2, 0.25) is 5.91 Å². The largest absolute Gasteiger partial charge is 0.548 e. The maximum absolute atomic E-state index is 13.0. The number of carbonyl (C=O) groups excluding carboxylic acids is 3. The fourth-order valence-electron chi connectivity index (χ4n) is 4.80. The number of carbonyl (C=O) groups is 4. The van der Waals surface area contributed by atoms with E-state index >= 15 is 0 Å². The molecule has 3 heterocycles. The third-order valence-electron chi connectivity index (χ3n) is 6.90. The van der Waals surface area contributed by atoms with Crippen LogP contribution >= 0.6 is 51.2 Å². The lowest BCUT2D eigenvalue weighted by molar-refractivity contribution is -0.709. The summed E-state index contributed by atoms with van der Waals surface area (Å²) < 4.78 is 2.99. The number of rotatable bonds is 13. The normalized spacial score (nSPS) is 18.8. The number of pyridine rings is 1. The van der Waals surface area contributed by atoms with E-state index in [1.165, 1.54) is 40.2 Å². The Morgan fingerprint density at radius 3 is 2.57 bits per heavy atom. The fourth-order valence-corrected chi connectivity index (χ4v) is 8.68. The number of thioether (sulfide) groups is 3. The molecule has 2 aliphatic rings. The third-order valence-corrected chi connectivity index (χ3v) is 10.8. The molecule has 42 heavy (non-hydrogen) atoms. The quantitative estimate of drug-likeness (QED) is 0.161. The van der Waals surface area contributed by atoms with Crippen LogP contribution in [0.15, 0.2) is 61.9 Å². The number of fused-ring (bicyclic) bond motifs is 1. The van der Waals surface area contributed by atoms with E-state index in [0.29, 0.717) is 36.5 Å². The summed E-state index contributed by atoms with van der Waals surface area (Å²) in [7, 11) is 0. The monoisotopic (exact) mass is 694 g/mol. The van der Waals surface area contributed by atoms with Crippen molar-refractivity contribution in [2.45, 2.75) is 60.5 Å². The molecule has 1 aromatic heterocycles. The Morgan fingerprint density at radius 1 is 1.21 bits per heavy atom. The van der Waals surface area contributed by atoms with Crippen molar-refractivity contribution in [3.05, 3.63) is 63.5 Å². The highest BCUT2D eigenvalue weighted by Crippen LogP contribution is 2.41. The number of amides is 2. The van der Waals surface area contributed by atoms with Gasteiger partial charge in [0.1, 0.15) is 23.7 Å². The number of nitrogens with one attached hydrogen (secondary N) is 1. The summed E-state index contributed by atoms with van der Waals surface area (Å²) in [6.07, 6.45) is 0.913. The molecule has 1 fully saturated rings. The van der Waals surface area contributed by atoms with E-state index in [9.17, 15) is 29.4 Å². The van der Waals surface area contributed by atoms with Gasteiger partial charge in [-0.25, -0.2) is 9.36 Å². The number of carboxylic acids is 2. The first kappa shape index (κ1) is 32.4. The number of β-lactam (4-membered cyclic amide) rings is 1. The van der Waals surface area contributed by atoms with Gasteiger partial charge in [0.25, 0.3) is 5.91 Å². The van der Waals surface area contributed by atoms with Crippen LogP contribution in [-0.2, 0) is 25.7 Å². The second kappa shape index (κ2) is 14.3. The molecule has 0 saturated carbocycles. The molecule has 0 unspecified atom stereocenters. The number of halogens is 1. The molecule has 3 atom stereocenters. The van der Waals surface area contributed by atoms with Gasteiger partial charge >= 0.3 is 5.97 Å². The highest BCUT2D eigenvalue weighted by Gasteiger charge is 2.54. The number of nitrogens with zero attached hydrogens (tertiary/aromatic N) is 2. The first-order valence-electron chi connectivity index (χ1n) is 13.1. The first-order valence-corrected chi connectivity index (χ1v) is 17.0. The van der Waals surface area contributed by atoms with Crippen LogP contribution in [0.25, 0.3) is 0 Å². The average molecular weight is 696 g/mol. The van der Waals surface area contributed by atoms with E-state index in [1.807, 2.05) is 50.2 Å².